The second-order valence-electron chi connectivity index (χ2n) is 4.87. The summed E-state index contributed by atoms with van der Waals surface area (Å²) in [5.74, 6) is -0.344. The largest absolute Gasteiger partial charge is 0.496 e. The fraction of sp³-hybridized carbons (Fsp3) is 0.438. The van der Waals surface area contributed by atoms with Crippen molar-refractivity contribution in [1.29, 1.82) is 0 Å². The van der Waals surface area contributed by atoms with E-state index in [0.29, 0.717) is 12.4 Å². The molecule has 5 heteroatoms. The Morgan fingerprint density at radius 2 is 2.19 bits per heavy atom. The molecular weight excluding hydrogens is 272 g/mol. The van der Waals surface area contributed by atoms with Gasteiger partial charge in [0, 0.05) is 24.9 Å². The summed E-state index contributed by atoms with van der Waals surface area (Å²) in [6.07, 6.45) is 4.70. The first-order chi connectivity index (χ1) is 10.2. The van der Waals surface area contributed by atoms with Gasteiger partial charge >= 0.3 is 5.97 Å². The number of ether oxygens (including phenoxy) is 3. The summed E-state index contributed by atoms with van der Waals surface area (Å²) >= 11 is 0. The minimum absolute atomic E-state index is 0.235. The molecule has 0 aromatic heterocycles. The van der Waals surface area contributed by atoms with Crippen LogP contribution >= 0.6 is 0 Å². The Hall–Kier alpha value is -1.85. The topological polar surface area (TPSA) is 65.0 Å². The van der Waals surface area contributed by atoms with E-state index in [-0.39, 0.29) is 6.10 Å². The van der Waals surface area contributed by atoms with Gasteiger partial charge < -0.3 is 19.3 Å². The molecule has 2 rings (SSSR count). The molecule has 5 nitrogen and oxygen atoms in total. The van der Waals surface area contributed by atoms with E-state index >= 15 is 0 Å². The molecule has 0 bridgehead atoms. The minimum Gasteiger partial charge on any atom is -0.496 e. The van der Waals surface area contributed by atoms with Gasteiger partial charge in [-0.25, -0.2) is 4.79 Å². The molecule has 1 heterocycles. The molecule has 114 valence electrons. The Bertz CT molecular complexity index is 503. The molecule has 0 aliphatic carbocycles. The standard InChI is InChI=1S/C16H20O5/c1-19-15-4-2-12(10-13(15)3-5-16(17)18)11-21-14-6-8-20-9-7-14/h2-5,10,14H,6-9,11H2,1H3,(H,17,18). The number of carbonyl (C=O) groups is 1. The van der Waals surface area contributed by atoms with Gasteiger partial charge in [-0.05, 0) is 36.6 Å². The third-order valence-corrected chi connectivity index (χ3v) is 3.35. The van der Waals surface area contributed by atoms with Crippen LogP contribution in [-0.2, 0) is 20.9 Å². The summed E-state index contributed by atoms with van der Waals surface area (Å²) in [4.78, 5) is 10.6. The summed E-state index contributed by atoms with van der Waals surface area (Å²) in [5.41, 5.74) is 1.72. The predicted octanol–water partition coefficient (Wildman–Crippen LogP) is 2.49. The highest BCUT2D eigenvalue weighted by Crippen LogP contribution is 2.22. The van der Waals surface area contributed by atoms with E-state index < -0.39 is 5.97 Å². The van der Waals surface area contributed by atoms with Gasteiger partial charge in [0.2, 0.25) is 0 Å². The zero-order valence-electron chi connectivity index (χ0n) is 12.1. The quantitative estimate of drug-likeness (QED) is 0.816. The third-order valence-electron chi connectivity index (χ3n) is 3.35. The molecule has 0 spiro atoms. The lowest BCUT2D eigenvalue weighted by Crippen LogP contribution is -2.23. The van der Waals surface area contributed by atoms with Gasteiger partial charge in [0.05, 0.1) is 19.8 Å². The lowest BCUT2D eigenvalue weighted by atomic mass is 10.1. The van der Waals surface area contributed by atoms with Gasteiger partial charge in [0.25, 0.3) is 0 Å². The van der Waals surface area contributed by atoms with E-state index in [1.165, 1.54) is 6.08 Å². The maximum absolute atomic E-state index is 10.6. The monoisotopic (exact) mass is 292 g/mol. The van der Waals surface area contributed by atoms with Crippen molar-refractivity contribution in [2.24, 2.45) is 0 Å². The molecular formula is C16H20O5. The van der Waals surface area contributed by atoms with Gasteiger partial charge in [0.1, 0.15) is 5.75 Å². The number of aliphatic carboxylic acids is 1. The highest BCUT2D eigenvalue weighted by atomic mass is 16.5. The number of hydrogen-bond donors (Lipinski definition) is 1. The smallest absolute Gasteiger partial charge is 0.328 e. The zero-order valence-corrected chi connectivity index (χ0v) is 12.1. The van der Waals surface area contributed by atoms with E-state index in [9.17, 15) is 4.79 Å². The summed E-state index contributed by atoms with van der Waals surface area (Å²) in [5, 5.41) is 8.72. The van der Waals surface area contributed by atoms with E-state index in [1.807, 2.05) is 18.2 Å². The highest BCUT2D eigenvalue weighted by molar-refractivity contribution is 5.85. The summed E-state index contributed by atoms with van der Waals surface area (Å²) in [6, 6.07) is 5.64. The number of rotatable bonds is 6. The average molecular weight is 292 g/mol. The molecule has 1 fully saturated rings. The van der Waals surface area contributed by atoms with Crippen molar-refractivity contribution in [3.63, 3.8) is 0 Å². The molecule has 1 N–H and O–H groups in total. The Balaban J connectivity index is 2.02. The molecule has 0 atom stereocenters. The Morgan fingerprint density at radius 3 is 2.86 bits per heavy atom. The van der Waals surface area contributed by atoms with Crippen molar-refractivity contribution in [1.82, 2.24) is 0 Å². The third kappa shape index (κ3) is 4.88. The van der Waals surface area contributed by atoms with Gasteiger partial charge in [0.15, 0.2) is 0 Å². The van der Waals surface area contributed by atoms with E-state index in [1.54, 1.807) is 7.11 Å². The summed E-state index contributed by atoms with van der Waals surface area (Å²) < 4.78 is 16.4. The highest BCUT2D eigenvalue weighted by Gasteiger charge is 2.14. The van der Waals surface area contributed by atoms with Gasteiger partial charge in [-0.3, -0.25) is 0 Å². The van der Waals surface area contributed by atoms with Crippen molar-refractivity contribution in [2.45, 2.75) is 25.6 Å². The van der Waals surface area contributed by atoms with Crippen molar-refractivity contribution in [2.75, 3.05) is 20.3 Å². The molecule has 1 aliphatic rings. The first kappa shape index (κ1) is 15.5. The van der Waals surface area contributed by atoms with Crippen LogP contribution in [0.3, 0.4) is 0 Å². The number of carboxylic acids is 1. The molecule has 1 aromatic rings. The second kappa shape index (κ2) is 7.81. The molecule has 0 amide bonds. The number of benzene rings is 1. The SMILES string of the molecule is COc1ccc(COC2CCOCC2)cc1C=CC(=O)O. The van der Waals surface area contributed by atoms with Crippen LogP contribution in [0.15, 0.2) is 24.3 Å². The van der Waals surface area contributed by atoms with Gasteiger partial charge in [-0.15, -0.1) is 0 Å². The number of methoxy groups -OCH3 is 1. The summed E-state index contributed by atoms with van der Waals surface area (Å²) in [6.45, 7) is 2.00. The molecule has 0 radical (unpaired) electrons. The lowest BCUT2D eigenvalue weighted by molar-refractivity contribution is -0.131. The van der Waals surface area contributed by atoms with Crippen LogP contribution in [0.25, 0.3) is 6.08 Å². The fourth-order valence-corrected chi connectivity index (χ4v) is 2.22. The van der Waals surface area contributed by atoms with Gasteiger partial charge in [-0.2, -0.15) is 0 Å². The summed E-state index contributed by atoms with van der Waals surface area (Å²) in [7, 11) is 1.56. The van der Waals surface area contributed by atoms with Gasteiger partial charge in [-0.1, -0.05) is 6.07 Å². The van der Waals surface area contributed by atoms with E-state index in [0.717, 1.165) is 43.3 Å². The first-order valence-electron chi connectivity index (χ1n) is 6.96. The molecule has 1 aliphatic heterocycles. The minimum atomic E-state index is -0.985. The normalized spacial score (nSPS) is 16.2. The molecule has 0 saturated carbocycles. The number of carboxylic acid groups (broad SMARTS) is 1. The molecule has 21 heavy (non-hydrogen) atoms. The van der Waals surface area contributed by atoms with E-state index in [4.69, 9.17) is 19.3 Å². The lowest BCUT2D eigenvalue weighted by Gasteiger charge is -2.22. The van der Waals surface area contributed by atoms with Crippen LogP contribution < -0.4 is 4.74 Å². The van der Waals surface area contributed by atoms with Crippen molar-refractivity contribution in [3.05, 3.63) is 35.4 Å². The second-order valence-corrected chi connectivity index (χ2v) is 4.87. The van der Waals surface area contributed by atoms with E-state index in [2.05, 4.69) is 0 Å². The van der Waals surface area contributed by atoms with Crippen LogP contribution in [-0.4, -0.2) is 37.5 Å². The number of hydrogen-bond acceptors (Lipinski definition) is 4. The Morgan fingerprint density at radius 1 is 1.43 bits per heavy atom. The van der Waals surface area contributed by atoms with Crippen LogP contribution in [0.5, 0.6) is 5.75 Å². The van der Waals surface area contributed by atoms with Crippen molar-refractivity contribution in [3.8, 4) is 5.75 Å². The van der Waals surface area contributed by atoms with Crippen molar-refractivity contribution >= 4 is 12.0 Å². The molecule has 1 saturated heterocycles. The Kier molecular flexibility index (Phi) is 5.78. The maximum atomic E-state index is 10.6. The molecule has 0 unspecified atom stereocenters. The van der Waals surface area contributed by atoms with Crippen molar-refractivity contribution < 1.29 is 24.1 Å². The van der Waals surface area contributed by atoms with Crippen LogP contribution in [0.2, 0.25) is 0 Å². The maximum Gasteiger partial charge on any atom is 0.328 e. The van der Waals surface area contributed by atoms with Crippen LogP contribution in [0.1, 0.15) is 24.0 Å². The van der Waals surface area contributed by atoms with Crippen LogP contribution in [0, 0.1) is 0 Å². The zero-order chi connectivity index (χ0) is 15.1. The average Bonchev–Trinajstić information content (AvgIpc) is 2.52. The predicted molar refractivity (Wildman–Crippen MR) is 78.3 cm³/mol. The first-order valence-corrected chi connectivity index (χ1v) is 6.96. The Labute approximate surface area is 124 Å². The molecule has 1 aromatic carbocycles. The van der Waals surface area contributed by atoms with Crippen LogP contribution in [0.4, 0.5) is 0 Å². The fourth-order valence-electron chi connectivity index (χ4n) is 2.22.